The van der Waals surface area contributed by atoms with Crippen LogP contribution in [0.2, 0.25) is 0 Å². The van der Waals surface area contributed by atoms with Gasteiger partial charge in [-0.25, -0.2) is 0 Å². The number of anilines is 1. The third kappa shape index (κ3) is 4.56. The van der Waals surface area contributed by atoms with Gasteiger partial charge in [-0.2, -0.15) is 0 Å². The van der Waals surface area contributed by atoms with Crippen molar-refractivity contribution in [2.24, 2.45) is 0 Å². The molecular formula is C22H24N2O3. The molecule has 0 unspecified atom stereocenters. The summed E-state index contributed by atoms with van der Waals surface area (Å²) in [6.07, 6.45) is 4.15. The minimum atomic E-state index is -0.220. The molecule has 1 heterocycles. The third-order valence-electron chi connectivity index (χ3n) is 4.77. The molecule has 0 saturated carbocycles. The van der Waals surface area contributed by atoms with Crippen molar-refractivity contribution in [3.05, 3.63) is 64.7 Å². The number of nitrogens with zero attached hydrogens (tertiary/aromatic N) is 1. The van der Waals surface area contributed by atoms with E-state index in [0.29, 0.717) is 6.61 Å². The van der Waals surface area contributed by atoms with Gasteiger partial charge >= 0.3 is 0 Å². The van der Waals surface area contributed by atoms with Crippen LogP contribution in [0.1, 0.15) is 22.3 Å². The summed E-state index contributed by atoms with van der Waals surface area (Å²) in [6.45, 7) is 4.66. The monoisotopic (exact) mass is 364 g/mol. The normalized spacial score (nSPS) is 12.6. The van der Waals surface area contributed by atoms with E-state index in [2.05, 4.69) is 5.32 Å². The van der Waals surface area contributed by atoms with Gasteiger partial charge in [-0.1, -0.05) is 18.2 Å². The van der Waals surface area contributed by atoms with Crippen LogP contribution in [0.3, 0.4) is 0 Å². The van der Waals surface area contributed by atoms with Crippen molar-refractivity contribution in [1.82, 2.24) is 4.90 Å². The van der Waals surface area contributed by atoms with Gasteiger partial charge in [0.25, 0.3) is 0 Å². The van der Waals surface area contributed by atoms with E-state index in [0.717, 1.165) is 40.1 Å². The fraction of sp³-hybridized carbons (Fsp3) is 0.273. The quantitative estimate of drug-likeness (QED) is 0.828. The molecule has 1 aliphatic heterocycles. The lowest BCUT2D eigenvalue weighted by atomic mass is 10.1. The number of aryl methyl sites for hydroxylation is 1. The highest BCUT2D eigenvalue weighted by Crippen LogP contribution is 2.26. The summed E-state index contributed by atoms with van der Waals surface area (Å²) in [5, 5.41) is 2.87. The van der Waals surface area contributed by atoms with E-state index < -0.39 is 0 Å². The molecule has 2 aromatic carbocycles. The Morgan fingerprint density at radius 3 is 2.85 bits per heavy atom. The number of nitrogens with one attached hydrogen (secondary N) is 1. The summed E-state index contributed by atoms with van der Waals surface area (Å²) in [4.78, 5) is 25.9. The maximum Gasteiger partial charge on any atom is 0.246 e. The van der Waals surface area contributed by atoms with Crippen LogP contribution in [0, 0.1) is 13.8 Å². The van der Waals surface area contributed by atoms with Crippen LogP contribution in [0.25, 0.3) is 6.08 Å². The van der Waals surface area contributed by atoms with Gasteiger partial charge < -0.3 is 15.0 Å². The van der Waals surface area contributed by atoms with E-state index in [1.807, 2.05) is 50.2 Å². The van der Waals surface area contributed by atoms with E-state index in [4.69, 9.17) is 4.74 Å². The number of ether oxygens (including phenoxy) is 1. The average Bonchev–Trinajstić information content (AvgIpc) is 3.11. The minimum absolute atomic E-state index is 0.00537. The summed E-state index contributed by atoms with van der Waals surface area (Å²) >= 11 is 0. The van der Waals surface area contributed by atoms with Crippen LogP contribution in [-0.2, 0) is 16.0 Å². The molecule has 3 rings (SSSR count). The molecule has 5 nitrogen and oxygen atoms in total. The lowest BCUT2D eigenvalue weighted by Crippen LogP contribution is -2.34. The van der Waals surface area contributed by atoms with E-state index in [1.165, 1.54) is 11.0 Å². The maximum absolute atomic E-state index is 12.3. The molecule has 0 radical (unpaired) electrons. The van der Waals surface area contributed by atoms with Crippen LogP contribution in [0.4, 0.5) is 5.69 Å². The molecular weight excluding hydrogens is 340 g/mol. The molecule has 0 bridgehead atoms. The summed E-state index contributed by atoms with van der Waals surface area (Å²) in [6, 6.07) is 11.6. The average molecular weight is 364 g/mol. The van der Waals surface area contributed by atoms with Gasteiger partial charge in [0.15, 0.2) is 0 Å². The summed E-state index contributed by atoms with van der Waals surface area (Å²) in [7, 11) is 1.62. The largest absolute Gasteiger partial charge is 0.493 e. The van der Waals surface area contributed by atoms with E-state index in [1.54, 1.807) is 13.1 Å². The number of hydrogen-bond acceptors (Lipinski definition) is 3. The van der Waals surface area contributed by atoms with Gasteiger partial charge in [-0.3, -0.25) is 9.59 Å². The number of hydrogen-bond donors (Lipinski definition) is 1. The van der Waals surface area contributed by atoms with Gasteiger partial charge in [-0.15, -0.1) is 0 Å². The van der Waals surface area contributed by atoms with Crippen molar-refractivity contribution in [1.29, 1.82) is 0 Å². The molecule has 5 heteroatoms. The fourth-order valence-electron chi connectivity index (χ4n) is 2.97. The lowest BCUT2D eigenvalue weighted by Gasteiger charge is -2.16. The van der Waals surface area contributed by atoms with Crippen LogP contribution in [0.15, 0.2) is 42.5 Å². The Morgan fingerprint density at radius 2 is 2.04 bits per heavy atom. The molecule has 1 N–H and O–H groups in total. The van der Waals surface area contributed by atoms with Crippen molar-refractivity contribution >= 4 is 23.6 Å². The smallest absolute Gasteiger partial charge is 0.246 e. The van der Waals surface area contributed by atoms with Gasteiger partial charge in [0, 0.05) is 25.2 Å². The molecule has 27 heavy (non-hydrogen) atoms. The number of carbonyl (C=O) groups is 2. The third-order valence-corrected chi connectivity index (χ3v) is 4.77. The second-order valence-electron chi connectivity index (χ2n) is 6.79. The van der Waals surface area contributed by atoms with Gasteiger partial charge in [0.1, 0.15) is 5.75 Å². The highest BCUT2D eigenvalue weighted by atomic mass is 16.5. The summed E-state index contributed by atoms with van der Waals surface area (Å²) in [5.41, 5.74) is 5.02. The zero-order valence-electron chi connectivity index (χ0n) is 15.9. The topological polar surface area (TPSA) is 58.6 Å². The first kappa shape index (κ1) is 18.7. The number of carbonyl (C=O) groups excluding carboxylic acids is 2. The molecule has 140 valence electrons. The molecule has 0 aliphatic carbocycles. The maximum atomic E-state index is 12.3. The molecule has 2 aromatic rings. The fourth-order valence-corrected chi connectivity index (χ4v) is 2.97. The van der Waals surface area contributed by atoms with Crippen LogP contribution < -0.4 is 10.1 Å². The zero-order chi connectivity index (χ0) is 19.4. The number of amides is 2. The standard InChI is InChI=1S/C22H24N2O3/c1-15-5-4-6-19(16(15)2)23-21(25)14-24(3)22(26)10-8-17-7-9-20-18(13-17)11-12-27-20/h4-10,13H,11-12,14H2,1-3H3,(H,23,25)/b10-8+. The molecule has 0 atom stereocenters. The summed E-state index contributed by atoms with van der Waals surface area (Å²) in [5.74, 6) is 0.476. The Hall–Kier alpha value is -3.08. The molecule has 2 amide bonds. The molecule has 0 aromatic heterocycles. The number of rotatable bonds is 5. The Morgan fingerprint density at radius 1 is 1.22 bits per heavy atom. The van der Waals surface area contributed by atoms with Crippen molar-refractivity contribution in [2.75, 3.05) is 25.5 Å². The van der Waals surface area contributed by atoms with Gasteiger partial charge in [0.05, 0.1) is 13.2 Å². The molecule has 0 spiro atoms. The van der Waals surface area contributed by atoms with E-state index in [-0.39, 0.29) is 18.4 Å². The van der Waals surface area contributed by atoms with Crippen LogP contribution >= 0.6 is 0 Å². The highest BCUT2D eigenvalue weighted by Gasteiger charge is 2.13. The predicted octanol–water partition coefficient (Wildman–Crippen LogP) is 3.35. The number of fused-ring (bicyclic) bond motifs is 1. The number of likely N-dealkylation sites (N-methyl/N-ethyl adjacent to an activating group) is 1. The first-order chi connectivity index (χ1) is 12.9. The Labute approximate surface area is 159 Å². The molecule has 0 saturated heterocycles. The van der Waals surface area contributed by atoms with Crippen molar-refractivity contribution < 1.29 is 14.3 Å². The minimum Gasteiger partial charge on any atom is -0.493 e. The first-order valence-corrected chi connectivity index (χ1v) is 8.99. The highest BCUT2D eigenvalue weighted by molar-refractivity contribution is 5.98. The van der Waals surface area contributed by atoms with E-state index >= 15 is 0 Å². The molecule has 0 fully saturated rings. The van der Waals surface area contributed by atoms with E-state index in [9.17, 15) is 9.59 Å². The van der Waals surface area contributed by atoms with Gasteiger partial charge in [0.2, 0.25) is 11.8 Å². The van der Waals surface area contributed by atoms with Crippen molar-refractivity contribution in [2.45, 2.75) is 20.3 Å². The SMILES string of the molecule is Cc1cccc(NC(=O)CN(C)C(=O)/C=C/c2ccc3c(c2)CCO3)c1C. The zero-order valence-corrected chi connectivity index (χ0v) is 15.9. The lowest BCUT2D eigenvalue weighted by molar-refractivity contribution is -0.129. The van der Waals surface area contributed by atoms with Gasteiger partial charge in [-0.05, 0) is 60.4 Å². The second-order valence-corrected chi connectivity index (χ2v) is 6.79. The van der Waals surface area contributed by atoms with Crippen LogP contribution in [0.5, 0.6) is 5.75 Å². The predicted molar refractivity (Wildman–Crippen MR) is 107 cm³/mol. The van der Waals surface area contributed by atoms with Crippen LogP contribution in [-0.4, -0.2) is 36.9 Å². The Bertz CT molecular complexity index is 902. The number of benzene rings is 2. The first-order valence-electron chi connectivity index (χ1n) is 8.99. The van der Waals surface area contributed by atoms with Crippen molar-refractivity contribution in [3.8, 4) is 5.75 Å². The molecule has 1 aliphatic rings. The van der Waals surface area contributed by atoms with Crippen molar-refractivity contribution in [3.63, 3.8) is 0 Å². The Kier molecular flexibility index (Phi) is 5.60. The second kappa shape index (κ2) is 8.08. The summed E-state index contributed by atoms with van der Waals surface area (Å²) < 4.78 is 5.48. The Balaban J connectivity index is 1.57.